The maximum atomic E-state index is 11.6. The number of nitrogens with zero attached hydrogens (tertiary/aromatic N) is 1. The van der Waals surface area contributed by atoms with Crippen molar-refractivity contribution >= 4 is 17.7 Å². The van der Waals surface area contributed by atoms with E-state index in [4.69, 9.17) is 0 Å². The zero-order valence-corrected chi connectivity index (χ0v) is 10.1. The van der Waals surface area contributed by atoms with Crippen molar-refractivity contribution in [2.24, 2.45) is 5.92 Å². The van der Waals surface area contributed by atoms with Crippen LogP contribution in [-0.2, 0) is 14.4 Å². The van der Waals surface area contributed by atoms with Crippen LogP contribution in [0.3, 0.4) is 0 Å². The molecule has 1 rings (SSSR count). The molecule has 0 bridgehead atoms. The SMILES string of the molecule is C=CCC(=O)NCCCN1C(=O)CC(C)C1=O. The van der Waals surface area contributed by atoms with Crippen LogP contribution >= 0.6 is 0 Å². The van der Waals surface area contributed by atoms with E-state index >= 15 is 0 Å². The van der Waals surface area contributed by atoms with Crippen molar-refractivity contribution < 1.29 is 14.4 Å². The van der Waals surface area contributed by atoms with Gasteiger partial charge in [-0.15, -0.1) is 6.58 Å². The highest BCUT2D eigenvalue weighted by Gasteiger charge is 2.34. The summed E-state index contributed by atoms with van der Waals surface area (Å²) >= 11 is 0. The number of carbonyl (C=O) groups excluding carboxylic acids is 3. The molecule has 0 aliphatic carbocycles. The van der Waals surface area contributed by atoms with Gasteiger partial charge in [0.15, 0.2) is 0 Å². The minimum Gasteiger partial charge on any atom is -0.356 e. The van der Waals surface area contributed by atoms with Gasteiger partial charge in [0.2, 0.25) is 17.7 Å². The fourth-order valence-electron chi connectivity index (χ4n) is 1.75. The van der Waals surface area contributed by atoms with E-state index in [1.165, 1.54) is 11.0 Å². The lowest BCUT2D eigenvalue weighted by Gasteiger charge is -2.14. The van der Waals surface area contributed by atoms with Gasteiger partial charge in [-0.05, 0) is 6.42 Å². The molecule has 5 nitrogen and oxygen atoms in total. The van der Waals surface area contributed by atoms with Gasteiger partial charge in [0.1, 0.15) is 0 Å². The molecule has 1 heterocycles. The van der Waals surface area contributed by atoms with Crippen LogP contribution in [0.5, 0.6) is 0 Å². The Bertz CT molecular complexity index is 339. The highest BCUT2D eigenvalue weighted by Crippen LogP contribution is 2.18. The molecular weight excluding hydrogens is 220 g/mol. The van der Waals surface area contributed by atoms with E-state index in [-0.39, 0.29) is 23.6 Å². The highest BCUT2D eigenvalue weighted by molar-refractivity contribution is 6.03. The van der Waals surface area contributed by atoms with Crippen molar-refractivity contribution in [3.63, 3.8) is 0 Å². The van der Waals surface area contributed by atoms with E-state index in [0.29, 0.717) is 32.4 Å². The van der Waals surface area contributed by atoms with Crippen molar-refractivity contribution in [1.82, 2.24) is 10.2 Å². The number of carbonyl (C=O) groups is 3. The Hall–Kier alpha value is -1.65. The van der Waals surface area contributed by atoms with Crippen LogP contribution in [0.4, 0.5) is 0 Å². The molecule has 0 spiro atoms. The molecule has 1 aliphatic heterocycles. The molecule has 0 aromatic carbocycles. The molecule has 1 fully saturated rings. The summed E-state index contributed by atoms with van der Waals surface area (Å²) < 4.78 is 0. The van der Waals surface area contributed by atoms with Gasteiger partial charge in [0.25, 0.3) is 0 Å². The maximum absolute atomic E-state index is 11.6. The van der Waals surface area contributed by atoms with Crippen molar-refractivity contribution in [3.05, 3.63) is 12.7 Å². The van der Waals surface area contributed by atoms with Crippen LogP contribution in [-0.4, -0.2) is 35.7 Å². The summed E-state index contributed by atoms with van der Waals surface area (Å²) in [5.41, 5.74) is 0. The van der Waals surface area contributed by atoms with E-state index in [9.17, 15) is 14.4 Å². The number of amides is 3. The molecule has 0 aromatic heterocycles. The first-order valence-corrected chi connectivity index (χ1v) is 5.78. The van der Waals surface area contributed by atoms with Crippen LogP contribution in [0.15, 0.2) is 12.7 Å². The van der Waals surface area contributed by atoms with Crippen molar-refractivity contribution in [2.45, 2.75) is 26.2 Å². The van der Waals surface area contributed by atoms with Gasteiger partial charge in [-0.25, -0.2) is 0 Å². The summed E-state index contributed by atoms with van der Waals surface area (Å²) in [7, 11) is 0. The van der Waals surface area contributed by atoms with Crippen LogP contribution < -0.4 is 5.32 Å². The van der Waals surface area contributed by atoms with E-state index < -0.39 is 0 Å². The molecule has 1 saturated heterocycles. The Morgan fingerprint density at radius 2 is 2.29 bits per heavy atom. The summed E-state index contributed by atoms with van der Waals surface area (Å²) in [6, 6.07) is 0. The van der Waals surface area contributed by atoms with Gasteiger partial charge in [-0.1, -0.05) is 13.0 Å². The molecule has 1 unspecified atom stereocenters. The second kappa shape index (κ2) is 6.18. The summed E-state index contributed by atoms with van der Waals surface area (Å²) in [5, 5.41) is 2.69. The molecule has 0 saturated carbocycles. The minimum absolute atomic E-state index is 0.0903. The van der Waals surface area contributed by atoms with Crippen molar-refractivity contribution in [1.29, 1.82) is 0 Å². The lowest BCUT2D eigenvalue weighted by molar-refractivity contribution is -0.139. The molecule has 1 aliphatic rings. The molecule has 1 N–H and O–H groups in total. The quantitative estimate of drug-likeness (QED) is 0.415. The summed E-state index contributed by atoms with van der Waals surface area (Å²) in [6.07, 6.45) is 2.72. The second-order valence-electron chi connectivity index (χ2n) is 4.19. The Morgan fingerprint density at radius 1 is 1.59 bits per heavy atom. The first-order chi connectivity index (χ1) is 8.06. The monoisotopic (exact) mass is 238 g/mol. The van der Waals surface area contributed by atoms with Crippen molar-refractivity contribution in [2.75, 3.05) is 13.1 Å². The largest absolute Gasteiger partial charge is 0.356 e. The lowest BCUT2D eigenvalue weighted by atomic mass is 10.1. The average molecular weight is 238 g/mol. The zero-order valence-electron chi connectivity index (χ0n) is 10.1. The van der Waals surface area contributed by atoms with E-state index in [2.05, 4.69) is 11.9 Å². The van der Waals surface area contributed by atoms with Gasteiger partial charge < -0.3 is 5.32 Å². The Balaban J connectivity index is 2.23. The smallest absolute Gasteiger partial charge is 0.232 e. The Kier molecular flexibility index (Phi) is 4.87. The molecule has 0 aromatic rings. The molecule has 17 heavy (non-hydrogen) atoms. The Labute approximate surface area is 101 Å². The fraction of sp³-hybridized carbons (Fsp3) is 0.583. The first-order valence-electron chi connectivity index (χ1n) is 5.78. The Morgan fingerprint density at radius 3 is 2.82 bits per heavy atom. The third-order valence-corrected chi connectivity index (χ3v) is 2.68. The number of nitrogens with one attached hydrogen (secondary N) is 1. The number of hydrogen-bond donors (Lipinski definition) is 1. The molecule has 3 amide bonds. The second-order valence-corrected chi connectivity index (χ2v) is 4.19. The van der Waals surface area contributed by atoms with E-state index in [1.54, 1.807) is 6.92 Å². The van der Waals surface area contributed by atoms with E-state index in [0.717, 1.165) is 0 Å². The third-order valence-electron chi connectivity index (χ3n) is 2.68. The third kappa shape index (κ3) is 3.69. The van der Waals surface area contributed by atoms with E-state index in [1.807, 2.05) is 0 Å². The number of hydrogen-bond acceptors (Lipinski definition) is 3. The van der Waals surface area contributed by atoms with Crippen LogP contribution in [0.1, 0.15) is 26.2 Å². The van der Waals surface area contributed by atoms with Gasteiger partial charge in [-0.3, -0.25) is 19.3 Å². The highest BCUT2D eigenvalue weighted by atomic mass is 16.2. The topological polar surface area (TPSA) is 66.5 Å². The van der Waals surface area contributed by atoms with Crippen LogP contribution in [0, 0.1) is 5.92 Å². The molecular formula is C12H18N2O3. The molecule has 0 radical (unpaired) electrons. The van der Waals surface area contributed by atoms with Gasteiger partial charge >= 0.3 is 0 Å². The molecule has 94 valence electrons. The van der Waals surface area contributed by atoms with Gasteiger partial charge in [0.05, 0.1) is 0 Å². The normalized spacial score (nSPS) is 19.6. The summed E-state index contributed by atoms with van der Waals surface area (Å²) in [4.78, 5) is 35.4. The van der Waals surface area contributed by atoms with Crippen LogP contribution in [0.2, 0.25) is 0 Å². The van der Waals surface area contributed by atoms with Crippen LogP contribution in [0.25, 0.3) is 0 Å². The first kappa shape index (κ1) is 13.4. The average Bonchev–Trinajstić information content (AvgIpc) is 2.50. The van der Waals surface area contributed by atoms with Gasteiger partial charge in [0, 0.05) is 31.8 Å². The van der Waals surface area contributed by atoms with Gasteiger partial charge in [-0.2, -0.15) is 0 Å². The lowest BCUT2D eigenvalue weighted by Crippen LogP contribution is -2.33. The minimum atomic E-state index is -0.196. The van der Waals surface area contributed by atoms with Crippen molar-refractivity contribution in [3.8, 4) is 0 Å². The fourth-order valence-corrected chi connectivity index (χ4v) is 1.75. The number of rotatable bonds is 6. The summed E-state index contributed by atoms with van der Waals surface area (Å²) in [5.74, 6) is -0.502. The standard InChI is InChI=1S/C12H18N2O3/c1-3-5-10(15)13-6-4-7-14-11(16)8-9(2)12(14)17/h3,9H,1,4-8H2,2H3,(H,13,15). The molecule has 1 atom stereocenters. The number of imide groups is 1. The zero-order chi connectivity index (χ0) is 12.8. The predicted molar refractivity (Wildman–Crippen MR) is 62.9 cm³/mol. The summed E-state index contributed by atoms with van der Waals surface area (Å²) in [6.45, 7) is 6.07. The molecule has 5 heteroatoms. The predicted octanol–water partition coefficient (Wildman–Crippen LogP) is 0.464. The number of likely N-dealkylation sites (tertiary alicyclic amines) is 1. The maximum Gasteiger partial charge on any atom is 0.232 e.